The van der Waals surface area contributed by atoms with Crippen LogP contribution in [0.1, 0.15) is 29.3 Å². The first kappa shape index (κ1) is 16.7. The standard InChI is InChI=1S/C14H19NO2.ClH/c1-3-10-17-14(16)13-8-6-12(7-9-13)5-4-11(2)15;/h3,6-9,11H,1,4-5,10,15H2,2H3;1H/t11-;/m1./s1. The number of hydrogen-bond acceptors (Lipinski definition) is 3. The second-order valence-corrected chi connectivity index (χ2v) is 4.10. The van der Waals surface area contributed by atoms with Gasteiger partial charge in [-0.3, -0.25) is 0 Å². The lowest BCUT2D eigenvalue weighted by atomic mass is 10.0. The molecule has 2 N–H and O–H groups in total. The van der Waals surface area contributed by atoms with Crippen molar-refractivity contribution in [1.29, 1.82) is 0 Å². The number of esters is 1. The molecule has 0 aromatic heterocycles. The molecule has 0 aliphatic rings. The predicted molar refractivity (Wildman–Crippen MR) is 76.1 cm³/mol. The highest BCUT2D eigenvalue weighted by Crippen LogP contribution is 2.08. The average molecular weight is 270 g/mol. The normalized spacial score (nSPS) is 11.2. The van der Waals surface area contributed by atoms with Crippen molar-refractivity contribution in [3.63, 3.8) is 0 Å². The van der Waals surface area contributed by atoms with Crippen molar-refractivity contribution in [3.05, 3.63) is 48.0 Å². The highest BCUT2D eigenvalue weighted by atomic mass is 35.5. The molecule has 0 spiro atoms. The van der Waals surface area contributed by atoms with Gasteiger partial charge in [0, 0.05) is 6.04 Å². The summed E-state index contributed by atoms with van der Waals surface area (Å²) in [5.74, 6) is -0.316. The van der Waals surface area contributed by atoms with Gasteiger partial charge in [0.25, 0.3) is 0 Å². The van der Waals surface area contributed by atoms with Crippen LogP contribution in [0.2, 0.25) is 0 Å². The molecule has 0 radical (unpaired) electrons. The number of rotatable bonds is 6. The van der Waals surface area contributed by atoms with Gasteiger partial charge in [0.2, 0.25) is 0 Å². The highest BCUT2D eigenvalue weighted by molar-refractivity contribution is 5.89. The van der Waals surface area contributed by atoms with Crippen LogP contribution in [0.5, 0.6) is 0 Å². The SMILES string of the molecule is C=CCOC(=O)c1ccc(CC[C@@H](C)N)cc1.Cl. The summed E-state index contributed by atoms with van der Waals surface area (Å²) in [7, 11) is 0. The van der Waals surface area contributed by atoms with E-state index in [2.05, 4.69) is 6.58 Å². The summed E-state index contributed by atoms with van der Waals surface area (Å²) in [5.41, 5.74) is 7.44. The first-order valence-electron chi connectivity index (χ1n) is 5.76. The van der Waals surface area contributed by atoms with Gasteiger partial charge in [-0.2, -0.15) is 0 Å². The van der Waals surface area contributed by atoms with Crippen molar-refractivity contribution in [2.45, 2.75) is 25.8 Å². The fraction of sp³-hybridized carbons (Fsp3) is 0.357. The second-order valence-electron chi connectivity index (χ2n) is 4.10. The zero-order chi connectivity index (χ0) is 12.7. The number of nitrogens with two attached hydrogens (primary N) is 1. The molecule has 0 aliphatic heterocycles. The van der Waals surface area contributed by atoms with E-state index in [0.29, 0.717) is 5.56 Å². The van der Waals surface area contributed by atoms with Crippen molar-refractivity contribution in [1.82, 2.24) is 0 Å². The number of benzene rings is 1. The van der Waals surface area contributed by atoms with Gasteiger partial charge in [0.15, 0.2) is 0 Å². The van der Waals surface area contributed by atoms with Crippen LogP contribution in [-0.4, -0.2) is 18.6 Å². The lowest BCUT2D eigenvalue weighted by molar-refractivity contribution is 0.0549. The smallest absolute Gasteiger partial charge is 0.338 e. The van der Waals surface area contributed by atoms with E-state index in [0.717, 1.165) is 12.8 Å². The molecule has 0 unspecified atom stereocenters. The number of aryl methyl sites for hydroxylation is 1. The van der Waals surface area contributed by atoms with Gasteiger partial charge in [0.05, 0.1) is 5.56 Å². The number of halogens is 1. The van der Waals surface area contributed by atoms with Gasteiger partial charge in [-0.25, -0.2) is 4.79 Å². The minimum Gasteiger partial charge on any atom is -0.458 e. The van der Waals surface area contributed by atoms with E-state index in [4.69, 9.17) is 10.5 Å². The van der Waals surface area contributed by atoms with Crippen LogP contribution < -0.4 is 5.73 Å². The van der Waals surface area contributed by atoms with Crippen molar-refractivity contribution in [2.75, 3.05) is 6.61 Å². The van der Waals surface area contributed by atoms with E-state index >= 15 is 0 Å². The average Bonchev–Trinajstić information content (AvgIpc) is 2.34. The molecule has 0 amide bonds. The number of carbonyl (C=O) groups is 1. The third kappa shape index (κ3) is 5.84. The maximum absolute atomic E-state index is 11.5. The molecule has 0 heterocycles. The van der Waals surface area contributed by atoms with Crippen LogP contribution in [0.25, 0.3) is 0 Å². The Bertz CT molecular complexity index is 374. The molecule has 1 atom stereocenters. The quantitative estimate of drug-likeness (QED) is 0.638. The minimum atomic E-state index is -0.316. The van der Waals surface area contributed by atoms with E-state index in [-0.39, 0.29) is 31.0 Å². The van der Waals surface area contributed by atoms with Crippen LogP contribution >= 0.6 is 12.4 Å². The number of carbonyl (C=O) groups excluding carboxylic acids is 1. The van der Waals surface area contributed by atoms with Gasteiger partial charge in [-0.15, -0.1) is 12.4 Å². The zero-order valence-electron chi connectivity index (χ0n) is 10.6. The summed E-state index contributed by atoms with van der Waals surface area (Å²) in [6.45, 7) is 5.72. The Kier molecular flexibility index (Phi) is 8.08. The molecule has 1 aromatic rings. The summed E-state index contributed by atoms with van der Waals surface area (Å²) < 4.78 is 4.94. The summed E-state index contributed by atoms with van der Waals surface area (Å²) >= 11 is 0. The molecule has 0 saturated heterocycles. The van der Waals surface area contributed by atoms with Crippen molar-refractivity contribution in [3.8, 4) is 0 Å². The Balaban J connectivity index is 0.00000289. The molecular formula is C14H20ClNO2. The maximum atomic E-state index is 11.5. The zero-order valence-corrected chi connectivity index (χ0v) is 11.4. The van der Waals surface area contributed by atoms with Gasteiger partial charge in [0.1, 0.15) is 6.61 Å². The summed E-state index contributed by atoms with van der Waals surface area (Å²) in [6.07, 6.45) is 3.43. The second kappa shape index (κ2) is 8.72. The van der Waals surface area contributed by atoms with Crippen LogP contribution in [0.15, 0.2) is 36.9 Å². The van der Waals surface area contributed by atoms with Crippen molar-refractivity contribution < 1.29 is 9.53 Å². The van der Waals surface area contributed by atoms with Gasteiger partial charge >= 0.3 is 5.97 Å². The Hall–Kier alpha value is -1.32. The molecule has 1 rings (SSSR count). The fourth-order valence-electron chi connectivity index (χ4n) is 1.42. The molecule has 4 heteroatoms. The first-order valence-corrected chi connectivity index (χ1v) is 5.76. The Labute approximate surface area is 114 Å². The maximum Gasteiger partial charge on any atom is 0.338 e. The minimum absolute atomic E-state index is 0. The lowest BCUT2D eigenvalue weighted by Crippen LogP contribution is -2.15. The Morgan fingerprint density at radius 2 is 2.06 bits per heavy atom. The fourth-order valence-corrected chi connectivity index (χ4v) is 1.42. The molecule has 1 aromatic carbocycles. The predicted octanol–water partition coefficient (Wildman–Crippen LogP) is 2.73. The van der Waals surface area contributed by atoms with Crippen LogP contribution in [-0.2, 0) is 11.2 Å². The van der Waals surface area contributed by atoms with Gasteiger partial charge in [-0.1, -0.05) is 24.8 Å². The molecule has 18 heavy (non-hydrogen) atoms. The first-order chi connectivity index (χ1) is 8.13. The Morgan fingerprint density at radius 3 is 2.56 bits per heavy atom. The van der Waals surface area contributed by atoms with Crippen molar-refractivity contribution >= 4 is 18.4 Å². The Morgan fingerprint density at radius 1 is 1.44 bits per heavy atom. The van der Waals surface area contributed by atoms with Crippen LogP contribution in [0, 0.1) is 0 Å². The third-order valence-electron chi connectivity index (χ3n) is 2.41. The van der Waals surface area contributed by atoms with E-state index in [1.54, 1.807) is 18.2 Å². The molecule has 3 nitrogen and oxygen atoms in total. The largest absolute Gasteiger partial charge is 0.458 e. The molecule has 0 bridgehead atoms. The number of hydrogen-bond donors (Lipinski definition) is 1. The monoisotopic (exact) mass is 269 g/mol. The third-order valence-corrected chi connectivity index (χ3v) is 2.41. The molecule has 0 saturated carbocycles. The van der Waals surface area contributed by atoms with E-state index in [9.17, 15) is 4.79 Å². The van der Waals surface area contributed by atoms with Crippen LogP contribution in [0.3, 0.4) is 0 Å². The summed E-state index contributed by atoms with van der Waals surface area (Å²) in [4.78, 5) is 11.5. The van der Waals surface area contributed by atoms with Gasteiger partial charge in [-0.05, 0) is 37.5 Å². The molecular weight excluding hydrogens is 250 g/mol. The topological polar surface area (TPSA) is 52.3 Å². The summed E-state index contributed by atoms with van der Waals surface area (Å²) in [5, 5.41) is 0. The molecule has 100 valence electrons. The summed E-state index contributed by atoms with van der Waals surface area (Å²) in [6, 6.07) is 7.64. The molecule has 0 fully saturated rings. The van der Waals surface area contributed by atoms with E-state index in [1.807, 2.05) is 19.1 Å². The van der Waals surface area contributed by atoms with Crippen molar-refractivity contribution in [2.24, 2.45) is 5.73 Å². The van der Waals surface area contributed by atoms with Gasteiger partial charge < -0.3 is 10.5 Å². The highest BCUT2D eigenvalue weighted by Gasteiger charge is 2.05. The van der Waals surface area contributed by atoms with E-state index < -0.39 is 0 Å². The lowest BCUT2D eigenvalue weighted by Gasteiger charge is -2.06. The number of ether oxygens (including phenoxy) is 1. The van der Waals surface area contributed by atoms with E-state index in [1.165, 1.54) is 5.56 Å². The molecule has 0 aliphatic carbocycles. The van der Waals surface area contributed by atoms with Crippen LogP contribution in [0.4, 0.5) is 0 Å².